The Balaban J connectivity index is 2.93. The van der Waals surface area contributed by atoms with E-state index in [1.807, 2.05) is 0 Å². The average molecular weight is 224 g/mol. The van der Waals surface area contributed by atoms with E-state index in [0.29, 0.717) is 0 Å². The van der Waals surface area contributed by atoms with Gasteiger partial charge in [-0.2, -0.15) is 5.10 Å². The first kappa shape index (κ1) is 15.2. The lowest BCUT2D eigenvalue weighted by Gasteiger charge is -2.01. The van der Waals surface area contributed by atoms with Gasteiger partial charge in [-0.25, -0.2) is 0 Å². The van der Waals surface area contributed by atoms with Crippen LogP contribution < -0.4 is 5.43 Å². The molecule has 0 aliphatic rings. The number of rotatable bonds is 12. The number of nitrogens with one attached hydrogen (secondary N) is 1. The SMILES string of the molecule is C=CC=NNCCCCCCCCCCC. The Kier molecular flexibility index (Phi) is 13.5. The summed E-state index contributed by atoms with van der Waals surface area (Å²) in [5, 5.41) is 3.96. The van der Waals surface area contributed by atoms with Crippen molar-refractivity contribution in [2.75, 3.05) is 6.54 Å². The third-order valence-corrected chi connectivity index (χ3v) is 2.66. The predicted octanol–water partition coefficient (Wildman–Crippen LogP) is 4.28. The lowest BCUT2D eigenvalue weighted by atomic mass is 10.1. The van der Waals surface area contributed by atoms with Gasteiger partial charge in [0.1, 0.15) is 0 Å². The predicted molar refractivity (Wildman–Crippen MR) is 73.9 cm³/mol. The Morgan fingerprint density at radius 2 is 1.50 bits per heavy atom. The summed E-state index contributed by atoms with van der Waals surface area (Å²) in [5.74, 6) is 0. The fraction of sp³-hybridized carbons (Fsp3) is 0.786. The molecule has 2 heteroatoms. The molecule has 16 heavy (non-hydrogen) atoms. The lowest BCUT2D eigenvalue weighted by Crippen LogP contribution is -2.06. The van der Waals surface area contributed by atoms with Gasteiger partial charge in [-0.3, -0.25) is 0 Å². The summed E-state index contributed by atoms with van der Waals surface area (Å²) >= 11 is 0. The van der Waals surface area contributed by atoms with Gasteiger partial charge in [-0.05, 0) is 12.5 Å². The lowest BCUT2D eigenvalue weighted by molar-refractivity contribution is 0.554. The van der Waals surface area contributed by atoms with Gasteiger partial charge in [-0.1, -0.05) is 64.9 Å². The van der Waals surface area contributed by atoms with Crippen molar-refractivity contribution in [3.8, 4) is 0 Å². The zero-order valence-corrected chi connectivity index (χ0v) is 10.9. The van der Waals surface area contributed by atoms with Gasteiger partial charge < -0.3 is 5.43 Å². The van der Waals surface area contributed by atoms with Crippen molar-refractivity contribution < 1.29 is 0 Å². The molecule has 0 saturated carbocycles. The number of unbranched alkanes of at least 4 members (excludes halogenated alkanes) is 8. The van der Waals surface area contributed by atoms with Crippen LogP contribution in [0.4, 0.5) is 0 Å². The van der Waals surface area contributed by atoms with Gasteiger partial charge in [0.15, 0.2) is 0 Å². The van der Waals surface area contributed by atoms with Crippen LogP contribution in [0.2, 0.25) is 0 Å². The molecule has 1 N–H and O–H groups in total. The molecule has 0 unspecified atom stereocenters. The molecular formula is C14H28N2. The second-order valence-corrected chi connectivity index (χ2v) is 4.25. The molecule has 0 fully saturated rings. The summed E-state index contributed by atoms with van der Waals surface area (Å²) in [7, 11) is 0. The molecular weight excluding hydrogens is 196 g/mol. The molecule has 0 rings (SSSR count). The van der Waals surface area contributed by atoms with Gasteiger partial charge in [0.05, 0.1) is 0 Å². The van der Waals surface area contributed by atoms with E-state index in [4.69, 9.17) is 0 Å². The van der Waals surface area contributed by atoms with Crippen molar-refractivity contribution in [2.24, 2.45) is 5.10 Å². The van der Waals surface area contributed by atoms with Gasteiger partial charge >= 0.3 is 0 Å². The largest absolute Gasteiger partial charge is 0.310 e. The number of hydrogen-bond donors (Lipinski definition) is 1. The van der Waals surface area contributed by atoms with Crippen molar-refractivity contribution in [3.63, 3.8) is 0 Å². The maximum absolute atomic E-state index is 3.96. The topological polar surface area (TPSA) is 24.4 Å². The van der Waals surface area contributed by atoms with E-state index in [1.54, 1.807) is 12.3 Å². The Morgan fingerprint density at radius 1 is 0.938 bits per heavy atom. The van der Waals surface area contributed by atoms with Crippen molar-refractivity contribution in [1.29, 1.82) is 0 Å². The zero-order valence-electron chi connectivity index (χ0n) is 10.9. The number of nitrogens with zero attached hydrogens (tertiary/aromatic N) is 1. The fourth-order valence-electron chi connectivity index (χ4n) is 1.68. The first-order chi connectivity index (χ1) is 7.91. The molecule has 0 aromatic heterocycles. The second kappa shape index (κ2) is 14.2. The summed E-state index contributed by atoms with van der Waals surface area (Å²) in [6.45, 7) is 6.81. The Morgan fingerprint density at radius 3 is 2.06 bits per heavy atom. The molecule has 0 spiro atoms. The van der Waals surface area contributed by atoms with Crippen LogP contribution in [0.5, 0.6) is 0 Å². The van der Waals surface area contributed by atoms with E-state index in [1.165, 1.54) is 57.8 Å². The molecule has 2 nitrogen and oxygen atoms in total. The van der Waals surface area contributed by atoms with Crippen molar-refractivity contribution >= 4 is 6.21 Å². The third kappa shape index (κ3) is 13.2. The van der Waals surface area contributed by atoms with Crippen LogP contribution in [-0.2, 0) is 0 Å². The molecule has 0 aromatic carbocycles. The average Bonchev–Trinajstić information content (AvgIpc) is 2.31. The van der Waals surface area contributed by atoms with E-state index >= 15 is 0 Å². The molecule has 0 bridgehead atoms. The van der Waals surface area contributed by atoms with E-state index in [2.05, 4.69) is 24.0 Å². The maximum atomic E-state index is 3.96. The highest BCUT2D eigenvalue weighted by Crippen LogP contribution is 2.08. The normalized spacial score (nSPS) is 10.8. The maximum Gasteiger partial charge on any atom is 0.0462 e. The van der Waals surface area contributed by atoms with Crippen LogP contribution in [0, 0.1) is 0 Å². The molecule has 0 heterocycles. The molecule has 0 radical (unpaired) electrons. The Labute approximate surface area is 101 Å². The quantitative estimate of drug-likeness (QED) is 0.299. The Hall–Kier alpha value is -0.790. The van der Waals surface area contributed by atoms with Crippen molar-refractivity contribution in [1.82, 2.24) is 5.43 Å². The monoisotopic (exact) mass is 224 g/mol. The number of hydrogen-bond acceptors (Lipinski definition) is 2. The number of hydrazone groups is 1. The van der Waals surface area contributed by atoms with Gasteiger partial charge in [0.2, 0.25) is 0 Å². The first-order valence-corrected chi connectivity index (χ1v) is 6.78. The van der Waals surface area contributed by atoms with E-state index in [9.17, 15) is 0 Å². The minimum atomic E-state index is 0.986. The minimum absolute atomic E-state index is 0.986. The van der Waals surface area contributed by atoms with Crippen LogP contribution in [0.15, 0.2) is 17.8 Å². The Bertz CT molecular complexity index is 164. The smallest absolute Gasteiger partial charge is 0.0462 e. The molecule has 0 aliphatic heterocycles. The van der Waals surface area contributed by atoms with Crippen LogP contribution in [0.1, 0.15) is 64.7 Å². The van der Waals surface area contributed by atoms with E-state index in [-0.39, 0.29) is 0 Å². The van der Waals surface area contributed by atoms with E-state index < -0.39 is 0 Å². The number of allylic oxidation sites excluding steroid dienone is 1. The molecule has 0 atom stereocenters. The van der Waals surface area contributed by atoms with Crippen LogP contribution in [-0.4, -0.2) is 12.8 Å². The van der Waals surface area contributed by atoms with Gasteiger partial charge in [0, 0.05) is 12.8 Å². The molecule has 0 saturated heterocycles. The van der Waals surface area contributed by atoms with Crippen LogP contribution >= 0.6 is 0 Å². The highest BCUT2D eigenvalue weighted by molar-refractivity contribution is 5.69. The molecule has 0 amide bonds. The minimum Gasteiger partial charge on any atom is -0.310 e. The first-order valence-electron chi connectivity index (χ1n) is 6.78. The summed E-state index contributed by atoms with van der Waals surface area (Å²) in [5.41, 5.74) is 3.00. The van der Waals surface area contributed by atoms with Crippen molar-refractivity contribution in [3.05, 3.63) is 12.7 Å². The summed E-state index contributed by atoms with van der Waals surface area (Å²) in [4.78, 5) is 0. The van der Waals surface area contributed by atoms with Gasteiger partial charge in [-0.15, -0.1) is 0 Å². The molecule has 94 valence electrons. The highest BCUT2D eigenvalue weighted by Gasteiger charge is 1.91. The highest BCUT2D eigenvalue weighted by atomic mass is 15.3. The van der Waals surface area contributed by atoms with Crippen molar-refractivity contribution in [2.45, 2.75) is 64.7 Å². The molecule has 0 aromatic rings. The van der Waals surface area contributed by atoms with Crippen LogP contribution in [0.25, 0.3) is 0 Å². The summed E-state index contributed by atoms with van der Waals surface area (Å²) < 4.78 is 0. The standard InChI is InChI=1S/C14H28N2/c1-3-5-6-7-8-9-10-11-12-14-16-15-13-4-2/h4,13,16H,2-3,5-12,14H2,1H3. The summed E-state index contributed by atoms with van der Waals surface area (Å²) in [6, 6.07) is 0. The third-order valence-electron chi connectivity index (χ3n) is 2.66. The van der Waals surface area contributed by atoms with E-state index in [0.717, 1.165) is 6.54 Å². The zero-order chi connectivity index (χ0) is 11.9. The second-order valence-electron chi connectivity index (χ2n) is 4.25. The fourth-order valence-corrected chi connectivity index (χ4v) is 1.68. The molecule has 0 aliphatic carbocycles. The van der Waals surface area contributed by atoms with Gasteiger partial charge in [0.25, 0.3) is 0 Å². The van der Waals surface area contributed by atoms with Crippen LogP contribution in [0.3, 0.4) is 0 Å². The summed E-state index contributed by atoms with van der Waals surface area (Å²) in [6.07, 6.45) is 15.7.